The van der Waals surface area contributed by atoms with Crippen molar-refractivity contribution in [2.75, 3.05) is 0 Å². The van der Waals surface area contributed by atoms with Gasteiger partial charge in [-0.2, -0.15) is 4.98 Å². The van der Waals surface area contributed by atoms with E-state index in [2.05, 4.69) is 10.1 Å². The first-order valence-electron chi connectivity index (χ1n) is 6.17. The van der Waals surface area contributed by atoms with E-state index in [-0.39, 0.29) is 6.61 Å². The summed E-state index contributed by atoms with van der Waals surface area (Å²) in [6, 6.07) is 14.3. The van der Waals surface area contributed by atoms with Gasteiger partial charge in [-0.25, -0.2) is 0 Å². The van der Waals surface area contributed by atoms with Crippen LogP contribution >= 0.6 is 23.2 Å². The van der Waals surface area contributed by atoms with Gasteiger partial charge in [-0.15, -0.1) is 0 Å². The summed E-state index contributed by atoms with van der Waals surface area (Å²) in [6.07, 6.45) is 0. The number of ether oxygens (including phenoxy) is 1. The Morgan fingerprint density at radius 1 is 0.905 bits per heavy atom. The van der Waals surface area contributed by atoms with Crippen LogP contribution in [-0.4, -0.2) is 10.1 Å². The lowest BCUT2D eigenvalue weighted by Gasteiger charge is -2.02. The molecule has 106 valence electrons. The van der Waals surface area contributed by atoms with E-state index in [0.717, 1.165) is 5.56 Å². The van der Waals surface area contributed by atoms with Crippen molar-refractivity contribution in [1.29, 1.82) is 0 Å². The molecule has 3 rings (SSSR count). The molecule has 0 spiro atoms. The molecule has 1 heterocycles. The van der Waals surface area contributed by atoms with Crippen molar-refractivity contribution in [1.82, 2.24) is 10.1 Å². The van der Waals surface area contributed by atoms with Gasteiger partial charge < -0.3 is 9.26 Å². The molecule has 0 saturated heterocycles. The lowest BCUT2D eigenvalue weighted by atomic mass is 10.2. The summed E-state index contributed by atoms with van der Waals surface area (Å²) in [5.41, 5.74) is 0.834. The molecule has 0 N–H and O–H groups in total. The average molecular weight is 321 g/mol. The number of rotatable bonds is 4. The average Bonchev–Trinajstić information content (AvgIpc) is 2.96. The highest BCUT2D eigenvalue weighted by Crippen LogP contribution is 2.20. The molecule has 1 aromatic heterocycles. The van der Waals surface area contributed by atoms with Gasteiger partial charge in [0.05, 0.1) is 0 Å². The molecule has 0 fully saturated rings. The minimum absolute atomic E-state index is 0.197. The van der Waals surface area contributed by atoms with Gasteiger partial charge in [0.15, 0.2) is 6.61 Å². The molecule has 0 radical (unpaired) electrons. The van der Waals surface area contributed by atoms with Gasteiger partial charge in [-0.05, 0) is 48.5 Å². The van der Waals surface area contributed by atoms with Crippen LogP contribution in [-0.2, 0) is 6.61 Å². The number of hydrogen-bond donors (Lipinski definition) is 0. The van der Waals surface area contributed by atoms with Gasteiger partial charge in [0, 0.05) is 15.6 Å². The van der Waals surface area contributed by atoms with Crippen LogP contribution in [0.25, 0.3) is 11.4 Å². The van der Waals surface area contributed by atoms with Gasteiger partial charge in [-0.1, -0.05) is 28.4 Å². The van der Waals surface area contributed by atoms with Gasteiger partial charge >= 0.3 is 0 Å². The van der Waals surface area contributed by atoms with Crippen molar-refractivity contribution in [3.8, 4) is 17.1 Å². The molecule has 0 amide bonds. The fraction of sp³-hybridized carbons (Fsp3) is 0.0667. The molecule has 0 atom stereocenters. The summed E-state index contributed by atoms with van der Waals surface area (Å²) in [5.74, 6) is 1.59. The Morgan fingerprint density at radius 2 is 1.52 bits per heavy atom. The molecule has 21 heavy (non-hydrogen) atoms. The van der Waals surface area contributed by atoms with Crippen LogP contribution < -0.4 is 4.74 Å². The normalized spacial score (nSPS) is 10.6. The van der Waals surface area contributed by atoms with Gasteiger partial charge in [0.25, 0.3) is 5.89 Å². The predicted octanol–water partition coefficient (Wildman–Crippen LogP) is 4.62. The zero-order valence-corrected chi connectivity index (χ0v) is 12.3. The molecule has 0 aliphatic heterocycles. The first-order valence-corrected chi connectivity index (χ1v) is 6.93. The van der Waals surface area contributed by atoms with Crippen LogP contribution in [0, 0.1) is 0 Å². The second-order valence-electron chi connectivity index (χ2n) is 4.26. The highest BCUT2D eigenvalue weighted by atomic mass is 35.5. The third kappa shape index (κ3) is 3.54. The molecule has 3 aromatic rings. The molecule has 0 aliphatic carbocycles. The number of hydrogen-bond acceptors (Lipinski definition) is 4. The fourth-order valence-electron chi connectivity index (χ4n) is 1.71. The maximum atomic E-state index is 5.84. The lowest BCUT2D eigenvalue weighted by Crippen LogP contribution is -1.95. The number of halogens is 2. The number of nitrogens with zero attached hydrogens (tertiary/aromatic N) is 2. The molecule has 0 unspecified atom stereocenters. The predicted molar refractivity (Wildman–Crippen MR) is 80.5 cm³/mol. The number of aromatic nitrogens is 2. The smallest absolute Gasteiger partial charge is 0.264 e. The molecule has 0 bridgehead atoms. The van der Waals surface area contributed by atoms with Crippen molar-refractivity contribution >= 4 is 23.2 Å². The standard InChI is InChI=1S/C15H10Cl2N2O2/c16-11-3-1-10(2-4-11)15-18-14(21-19-15)9-20-13-7-5-12(17)6-8-13/h1-8H,9H2. The van der Waals surface area contributed by atoms with E-state index in [1.807, 2.05) is 12.1 Å². The van der Waals surface area contributed by atoms with Crippen LogP contribution in [0.1, 0.15) is 5.89 Å². The van der Waals surface area contributed by atoms with E-state index >= 15 is 0 Å². The Labute approximate surface area is 131 Å². The number of benzene rings is 2. The fourth-order valence-corrected chi connectivity index (χ4v) is 1.96. The zero-order valence-electron chi connectivity index (χ0n) is 10.8. The van der Waals surface area contributed by atoms with Gasteiger partial charge in [-0.3, -0.25) is 0 Å². The summed E-state index contributed by atoms with van der Waals surface area (Å²) in [5, 5.41) is 5.23. The molecule has 6 heteroatoms. The summed E-state index contributed by atoms with van der Waals surface area (Å²) in [7, 11) is 0. The summed E-state index contributed by atoms with van der Waals surface area (Å²) in [4.78, 5) is 4.27. The minimum atomic E-state index is 0.197. The van der Waals surface area contributed by atoms with E-state index in [1.165, 1.54) is 0 Å². The summed E-state index contributed by atoms with van der Waals surface area (Å²) < 4.78 is 10.7. The van der Waals surface area contributed by atoms with Crippen molar-refractivity contribution in [3.05, 3.63) is 64.5 Å². The zero-order chi connectivity index (χ0) is 14.7. The largest absolute Gasteiger partial charge is 0.484 e. The van der Waals surface area contributed by atoms with Gasteiger partial charge in [0.1, 0.15) is 5.75 Å². The molecule has 4 nitrogen and oxygen atoms in total. The first-order chi connectivity index (χ1) is 10.2. The van der Waals surface area contributed by atoms with E-state index in [0.29, 0.717) is 27.5 Å². The van der Waals surface area contributed by atoms with Crippen molar-refractivity contribution in [3.63, 3.8) is 0 Å². The Bertz CT molecular complexity index is 724. The third-order valence-corrected chi connectivity index (χ3v) is 3.25. The molecule has 2 aromatic carbocycles. The van der Waals surface area contributed by atoms with Crippen LogP contribution in [0.5, 0.6) is 5.75 Å². The second-order valence-corrected chi connectivity index (χ2v) is 5.13. The molecular formula is C15H10Cl2N2O2. The quantitative estimate of drug-likeness (QED) is 0.703. The summed E-state index contributed by atoms with van der Waals surface area (Å²) >= 11 is 11.6. The van der Waals surface area contributed by atoms with Crippen LogP contribution in [0.15, 0.2) is 53.1 Å². The Morgan fingerprint density at radius 3 is 2.19 bits per heavy atom. The first kappa shape index (κ1) is 13.9. The lowest BCUT2D eigenvalue weighted by molar-refractivity contribution is 0.243. The Balaban J connectivity index is 1.67. The molecule has 0 aliphatic rings. The maximum Gasteiger partial charge on any atom is 0.264 e. The van der Waals surface area contributed by atoms with Crippen molar-refractivity contribution in [2.24, 2.45) is 0 Å². The molecular weight excluding hydrogens is 311 g/mol. The van der Waals surface area contributed by atoms with Crippen LogP contribution in [0.4, 0.5) is 0 Å². The topological polar surface area (TPSA) is 48.2 Å². The minimum Gasteiger partial charge on any atom is -0.484 e. The van der Waals surface area contributed by atoms with Crippen molar-refractivity contribution < 1.29 is 9.26 Å². The van der Waals surface area contributed by atoms with Crippen molar-refractivity contribution in [2.45, 2.75) is 6.61 Å². The van der Waals surface area contributed by atoms with E-state index in [9.17, 15) is 0 Å². The van der Waals surface area contributed by atoms with Crippen LogP contribution in [0.2, 0.25) is 10.0 Å². The Kier molecular flexibility index (Phi) is 4.08. The highest BCUT2D eigenvalue weighted by Gasteiger charge is 2.09. The molecule has 0 saturated carbocycles. The SMILES string of the molecule is Clc1ccc(OCc2nc(-c3ccc(Cl)cc3)no2)cc1. The second kappa shape index (κ2) is 6.16. The van der Waals surface area contributed by atoms with Gasteiger partial charge in [0.2, 0.25) is 5.82 Å². The summed E-state index contributed by atoms with van der Waals surface area (Å²) in [6.45, 7) is 0.197. The Hall–Kier alpha value is -2.04. The van der Waals surface area contributed by atoms with E-state index < -0.39 is 0 Å². The maximum absolute atomic E-state index is 5.84. The van der Waals surface area contributed by atoms with E-state index in [1.54, 1.807) is 36.4 Å². The highest BCUT2D eigenvalue weighted by molar-refractivity contribution is 6.30. The van der Waals surface area contributed by atoms with Crippen LogP contribution in [0.3, 0.4) is 0 Å². The monoisotopic (exact) mass is 320 g/mol. The third-order valence-electron chi connectivity index (χ3n) is 2.75. The van der Waals surface area contributed by atoms with E-state index in [4.69, 9.17) is 32.5 Å².